The van der Waals surface area contributed by atoms with Gasteiger partial charge in [-0.1, -0.05) is 18.2 Å². The Kier molecular flexibility index (Phi) is 6.38. The van der Waals surface area contributed by atoms with Crippen LogP contribution >= 0.6 is 0 Å². The van der Waals surface area contributed by atoms with Gasteiger partial charge in [0.2, 0.25) is 0 Å². The third-order valence-corrected chi connectivity index (χ3v) is 7.61. The van der Waals surface area contributed by atoms with Crippen LogP contribution in [0.25, 0.3) is 33.3 Å². The molecule has 4 aromatic rings. The summed E-state index contributed by atoms with van der Waals surface area (Å²) in [5.74, 6) is -0.0133. The number of carboxylic acid groups (broad SMARTS) is 1. The number of rotatable bonds is 6. The molecule has 0 unspecified atom stereocenters. The van der Waals surface area contributed by atoms with E-state index in [4.69, 9.17) is 9.72 Å². The van der Waals surface area contributed by atoms with E-state index in [1.165, 1.54) is 12.1 Å². The van der Waals surface area contributed by atoms with Crippen molar-refractivity contribution in [1.29, 1.82) is 0 Å². The van der Waals surface area contributed by atoms with Gasteiger partial charge in [0.1, 0.15) is 11.5 Å². The van der Waals surface area contributed by atoms with Gasteiger partial charge in [-0.25, -0.2) is 14.8 Å². The molecule has 2 fully saturated rings. The van der Waals surface area contributed by atoms with Gasteiger partial charge < -0.3 is 20.1 Å². The molecule has 1 saturated carbocycles. The number of aromatic amines is 1. The fraction of sp³-hybridized carbons (Fsp3) is 0.370. The SMILES string of the molecule is O=C(O)c1ccc2c(c1)[nH]c1nc(-c3cccc([N+](=O)[O-])c3)nc(NC3CCC(N4CCOCC4)CC3)c12. The summed E-state index contributed by atoms with van der Waals surface area (Å²) in [4.78, 5) is 37.8. The second-order valence-corrected chi connectivity index (χ2v) is 9.92. The molecule has 0 spiro atoms. The number of morpholine rings is 1. The molecule has 3 N–H and O–H groups in total. The van der Waals surface area contributed by atoms with Crippen molar-refractivity contribution < 1.29 is 19.6 Å². The molecule has 6 rings (SSSR count). The zero-order valence-electron chi connectivity index (χ0n) is 20.7. The number of non-ortho nitro benzene ring substituents is 1. The summed E-state index contributed by atoms with van der Waals surface area (Å²) in [7, 11) is 0. The highest BCUT2D eigenvalue weighted by atomic mass is 16.6. The van der Waals surface area contributed by atoms with Crippen LogP contribution in [0.15, 0.2) is 42.5 Å². The van der Waals surface area contributed by atoms with Gasteiger partial charge >= 0.3 is 5.97 Å². The standard InChI is InChI=1S/C27H28N6O5/c34-27(35)17-4-9-21-22(15-17)29-26-23(21)25(30-24(31-26)16-2-1-3-20(14-16)33(36)37)28-18-5-7-19(8-6-18)32-10-12-38-13-11-32/h1-4,9,14-15,18-19H,5-8,10-13H2,(H,34,35)(H2,28,29,30,31). The largest absolute Gasteiger partial charge is 0.478 e. The average molecular weight is 517 g/mol. The number of nitro benzene ring substituents is 1. The van der Waals surface area contributed by atoms with E-state index in [9.17, 15) is 20.0 Å². The predicted octanol–water partition coefficient (Wildman–Crippen LogP) is 4.44. The van der Waals surface area contributed by atoms with Gasteiger partial charge in [0, 0.05) is 53.8 Å². The Labute approximate surface area is 218 Å². The van der Waals surface area contributed by atoms with Gasteiger partial charge in [-0.15, -0.1) is 0 Å². The summed E-state index contributed by atoms with van der Waals surface area (Å²) >= 11 is 0. The number of fused-ring (bicyclic) bond motifs is 3. The monoisotopic (exact) mass is 516 g/mol. The van der Waals surface area contributed by atoms with Crippen LogP contribution in [0.1, 0.15) is 36.0 Å². The number of hydrogen-bond donors (Lipinski definition) is 3. The van der Waals surface area contributed by atoms with Crippen LogP contribution in [-0.4, -0.2) is 74.2 Å². The Hall–Kier alpha value is -4.09. The molecule has 3 heterocycles. The maximum Gasteiger partial charge on any atom is 0.335 e. The first-order chi connectivity index (χ1) is 18.5. The molecule has 1 aliphatic carbocycles. The molecule has 1 saturated heterocycles. The normalized spacial score (nSPS) is 20.5. The molecule has 2 aromatic carbocycles. The number of ether oxygens (including phenoxy) is 1. The number of nitrogens with one attached hydrogen (secondary N) is 2. The van der Waals surface area contributed by atoms with Crippen LogP contribution in [0.3, 0.4) is 0 Å². The zero-order valence-corrected chi connectivity index (χ0v) is 20.7. The first-order valence-electron chi connectivity index (χ1n) is 12.9. The number of H-pyrrole nitrogens is 1. The van der Waals surface area contributed by atoms with Crippen molar-refractivity contribution >= 4 is 39.4 Å². The highest BCUT2D eigenvalue weighted by Gasteiger charge is 2.28. The van der Waals surface area contributed by atoms with Gasteiger partial charge in [-0.2, -0.15) is 0 Å². The van der Waals surface area contributed by atoms with Gasteiger partial charge in [0.05, 0.1) is 29.1 Å². The number of benzene rings is 2. The highest BCUT2D eigenvalue weighted by molar-refractivity contribution is 6.12. The van der Waals surface area contributed by atoms with Gasteiger partial charge in [-0.05, 0) is 37.8 Å². The fourth-order valence-corrected chi connectivity index (χ4v) is 5.65. The van der Waals surface area contributed by atoms with Crippen molar-refractivity contribution in [1.82, 2.24) is 19.9 Å². The lowest BCUT2D eigenvalue weighted by molar-refractivity contribution is -0.384. The number of hydrogen-bond acceptors (Lipinski definition) is 8. The van der Waals surface area contributed by atoms with E-state index in [1.54, 1.807) is 30.3 Å². The molecular weight excluding hydrogens is 488 g/mol. The van der Waals surface area contributed by atoms with Gasteiger partial charge in [-0.3, -0.25) is 15.0 Å². The lowest BCUT2D eigenvalue weighted by atomic mass is 9.90. The van der Waals surface area contributed by atoms with Crippen molar-refractivity contribution in [2.24, 2.45) is 0 Å². The molecule has 1 aliphatic heterocycles. The smallest absolute Gasteiger partial charge is 0.335 e. The first kappa shape index (κ1) is 24.3. The van der Waals surface area contributed by atoms with Crippen molar-refractivity contribution in [3.05, 3.63) is 58.1 Å². The topological polar surface area (TPSA) is 147 Å². The lowest BCUT2D eigenvalue weighted by Gasteiger charge is -2.39. The lowest BCUT2D eigenvalue weighted by Crippen LogP contribution is -2.46. The van der Waals surface area contributed by atoms with Crippen molar-refractivity contribution in [3.63, 3.8) is 0 Å². The Morgan fingerprint density at radius 3 is 2.63 bits per heavy atom. The molecular formula is C27H28N6O5. The summed E-state index contributed by atoms with van der Waals surface area (Å²) < 4.78 is 5.51. The molecule has 0 atom stereocenters. The fourth-order valence-electron chi connectivity index (χ4n) is 5.65. The maximum atomic E-state index is 11.5. The molecule has 2 aliphatic rings. The third kappa shape index (κ3) is 4.66. The van der Waals surface area contributed by atoms with Gasteiger partial charge in [0.15, 0.2) is 5.82 Å². The van der Waals surface area contributed by atoms with E-state index in [0.29, 0.717) is 34.4 Å². The minimum Gasteiger partial charge on any atom is -0.478 e. The Bertz CT molecular complexity index is 1520. The number of nitrogens with zero attached hydrogens (tertiary/aromatic N) is 4. The molecule has 0 radical (unpaired) electrons. The number of aromatic carboxylic acids is 1. The summed E-state index contributed by atoms with van der Waals surface area (Å²) in [6.07, 6.45) is 4.15. The van der Waals surface area contributed by atoms with E-state index in [2.05, 4.69) is 20.2 Å². The summed E-state index contributed by atoms with van der Waals surface area (Å²) in [5.41, 5.74) is 1.86. The van der Waals surface area contributed by atoms with Gasteiger partial charge in [0.25, 0.3) is 5.69 Å². The molecule has 0 amide bonds. The predicted molar refractivity (Wildman–Crippen MR) is 143 cm³/mol. The molecule has 0 bridgehead atoms. The van der Waals surface area contributed by atoms with Crippen LogP contribution in [0.2, 0.25) is 0 Å². The second kappa shape index (κ2) is 9.99. The van der Waals surface area contributed by atoms with Crippen LogP contribution in [0.4, 0.5) is 11.5 Å². The summed E-state index contributed by atoms with van der Waals surface area (Å²) in [5, 5.41) is 26.1. The average Bonchev–Trinajstić information content (AvgIpc) is 3.32. The highest BCUT2D eigenvalue weighted by Crippen LogP contribution is 2.35. The Balaban J connectivity index is 1.37. The number of nitro groups is 1. The first-order valence-corrected chi connectivity index (χ1v) is 12.9. The van der Waals surface area contributed by atoms with Crippen molar-refractivity contribution in [2.45, 2.75) is 37.8 Å². The number of carboxylic acids is 1. The van der Waals surface area contributed by atoms with Crippen molar-refractivity contribution in [3.8, 4) is 11.4 Å². The minimum absolute atomic E-state index is 0.0371. The minimum atomic E-state index is -1.01. The van der Waals surface area contributed by atoms with E-state index in [0.717, 1.165) is 62.8 Å². The number of carbonyl (C=O) groups is 1. The number of aromatic nitrogens is 3. The number of anilines is 1. The Morgan fingerprint density at radius 1 is 1.11 bits per heavy atom. The van der Waals surface area contributed by atoms with Crippen LogP contribution in [-0.2, 0) is 4.74 Å². The van der Waals surface area contributed by atoms with Crippen LogP contribution in [0.5, 0.6) is 0 Å². The van der Waals surface area contributed by atoms with Crippen molar-refractivity contribution in [2.75, 3.05) is 31.6 Å². The summed E-state index contributed by atoms with van der Waals surface area (Å²) in [6, 6.07) is 12.0. The zero-order chi connectivity index (χ0) is 26.2. The molecule has 196 valence electrons. The second-order valence-electron chi connectivity index (χ2n) is 9.92. The Morgan fingerprint density at radius 2 is 1.89 bits per heavy atom. The van der Waals surface area contributed by atoms with Crippen LogP contribution in [0, 0.1) is 10.1 Å². The molecule has 38 heavy (non-hydrogen) atoms. The summed E-state index contributed by atoms with van der Waals surface area (Å²) in [6.45, 7) is 3.55. The van der Waals surface area contributed by atoms with E-state index in [1.807, 2.05) is 0 Å². The van der Waals surface area contributed by atoms with E-state index >= 15 is 0 Å². The molecule has 2 aromatic heterocycles. The van der Waals surface area contributed by atoms with Crippen LogP contribution < -0.4 is 5.32 Å². The quantitative estimate of drug-likeness (QED) is 0.250. The molecule has 11 heteroatoms. The molecule has 11 nitrogen and oxygen atoms in total. The van der Waals surface area contributed by atoms with E-state index < -0.39 is 10.9 Å². The maximum absolute atomic E-state index is 11.5. The third-order valence-electron chi connectivity index (χ3n) is 7.61. The van der Waals surface area contributed by atoms with E-state index in [-0.39, 0.29) is 17.3 Å².